The molecule has 1 saturated heterocycles. The highest BCUT2D eigenvalue weighted by Crippen LogP contribution is 2.36. The number of aromatic nitrogens is 3. The Morgan fingerprint density at radius 3 is 2.55 bits per heavy atom. The van der Waals surface area contributed by atoms with E-state index < -0.39 is 0 Å². The molecule has 4 aromatic rings. The van der Waals surface area contributed by atoms with Crippen molar-refractivity contribution in [1.29, 1.82) is 0 Å². The molecule has 1 amide bonds. The van der Waals surface area contributed by atoms with E-state index in [-0.39, 0.29) is 23.1 Å². The number of carbonyl (C=O) groups excluding carboxylic acids is 2. The van der Waals surface area contributed by atoms with Gasteiger partial charge in [-0.25, -0.2) is 9.97 Å². The Bertz CT molecular complexity index is 1600. The maximum atomic E-state index is 13.3. The number of imidazole rings is 1. The van der Waals surface area contributed by atoms with Gasteiger partial charge >= 0.3 is 0 Å². The number of amides is 1. The number of nitrogens with two attached hydrogens (primary N) is 1. The predicted molar refractivity (Wildman–Crippen MR) is 149 cm³/mol. The molecule has 0 radical (unpaired) electrons. The van der Waals surface area contributed by atoms with Crippen molar-refractivity contribution >= 4 is 23.0 Å². The third-order valence-electron chi connectivity index (χ3n) is 7.07. The van der Waals surface area contributed by atoms with Crippen LogP contribution in [0.1, 0.15) is 73.9 Å². The van der Waals surface area contributed by atoms with Crippen molar-refractivity contribution < 1.29 is 9.59 Å². The molecule has 0 bridgehead atoms. The largest absolute Gasteiger partial charge is 0.382 e. The summed E-state index contributed by atoms with van der Waals surface area (Å²) >= 11 is 0. The molecular formula is C31H31N5O2. The lowest BCUT2D eigenvalue weighted by Crippen LogP contribution is -2.30. The van der Waals surface area contributed by atoms with Gasteiger partial charge in [-0.15, -0.1) is 0 Å². The molecule has 1 fully saturated rings. The summed E-state index contributed by atoms with van der Waals surface area (Å²) in [5, 5.41) is 0. The summed E-state index contributed by atoms with van der Waals surface area (Å²) < 4.78 is 1.92. The Morgan fingerprint density at radius 1 is 1.08 bits per heavy atom. The smallest absolute Gasteiger partial charge is 0.299 e. The van der Waals surface area contributed by atoms with Crippen LogP contribution in [0.25, 0.3) is 16.8 Å². The standard InChI is InChI=1S/C31H31N5O2/c1-5-8-25(37)35-17-7-11-24(35)30-34-26(27-29(32)33-16-18-36(27)30)20-12-14-21(15-13-20)28(38)22-9-6-10-23(19-22)31(2,3)4/h6,9-10,12-16,18-19,24H,7,11,17H2,1-4H3,(H2,32,33)/t24-/m0/s1. The summed E-state index contributed by atoms with van der Waals surface area (Å²) in [6.45, 7) is 8.69. The molecule has 1 aliphatic heterocycles. The predicted octanol–water partition coefficient (Wildman–Crippen LogP) is 5.19. The fourth-order valence-corrected chi connectivity index (χ4v) is 5.05. The van der Waals surface area contributed by atoms with Gasteiger partial charge in [0.05, 0.1) is 6.04 Å². The van der Waals surface area contributed by atoms with E-state index in [9.17, 15) is 9.59 Å². The highest BCUT2D eigenvalue weighted by Gasteiger charge is 2.33. The maximum Gasteiger partial charge on any atom is 0.299 e. The molecule has 1 atom stereocenters. The minimum atomic E-state index is -0.206. The highest BCUT2D eigenvalue weighted by molar-refractivity contribution is 6.09. The summed E-state index contributed by atoms with van der Waals surface area (Å²) in [4.78, 5) is 37.0. The average molecular weight is 506 g/mol. The molecule has 0 saturated carbocycles. The first-order valence-electron chi connectivity index (χ1n) is 12.8. The number of rotatable bonds is 4. The highest BCUT2D eigenvalue weighted by atomic mass is 16.2. The van der Waals surface area contributed by atoms with Gasteiger partial charge in [0.15, 0.2) is 5.78 Å². The third kappa shape index (κ3) is 4.54. The maximum absolute atomic E-state index is 13.3. The van der Waals surface area contributed by atoms with Gasteiger partial charge in [-0.3, -0.25) is 14.0 Å². The third-order valence-corrected chi connectivity index (χ3v) is 7.07. The quantitative estimate of drug-likeness (QED) is 0.304. The van der Waals surface area contributed by atoms with Gasteiger partial charge in [0, 0.05) is 35.6 Å². The Hall–Kier alpha value is -4.44. The number of nitrogens with zero attached hydrogens (tertiary/aromatic N) is 4. The zero-order valence-corrected chi connectivity index (χ0v) is 22.2. The van der Waals surface area contributed by atoms with E-state index in [0.29, 0.717) is 34.7 Å². The second kappa shape index (κ2) is 9.79. The van der Waals surface area contributed by atoms with Crippen LogP contribution in [0.2, 0.25) is 0 Å². The minimum Gasteiger partial charge on any atom is -0.382 e. The normalized spacial score (nSPS) is 15.4. The number of carbonyl (C=O) groups is 2. The van der Waals surface area contributed by atoms with E-state index in [2.05, 4.69) is 37.6 Å². The summed E-state index contributed by atoms with van der Waals surface area (Å²) in [5.41, 5.74) is 10.8. The number of fused-ring (bicyclic) bond motifs is 1. The van der Waals surface area contributed by atoms with Gasteiger partial charge in [-0.05, 0) is 42.7 Å². The molecule has 0 unspecified atom stereocenters. The van der Waals surface area contributed by atoms with Crippen LogP contribution < -0.4 is 5.73 Å². The number of ketones is 1. The molecule has 192 valence electrons. The lowest BCUT2D eigenvalue weighted by atomic mass is 9.85. The molecule has 7 heteroatoms. The summed E-state index contributed by atoms with van der Waals surface area (Å²) in [7, 11) is 0. The average Bonchev–Trinajstić information content (AvgIpc) is 3.54. The molecule has 3 heterocycles. The van der Waals surface area contributed by atoms with Crippen molar-refractivity contribution in [3.8, 4) is 23.1 Å². The van der Waals surface area contributed by atoms with Crippen molar-refractivity contribution in [1.82, 2.24) is 19.3 Å². The Morgan fingerprint density at radius 2 is 1.84 bits per heavy atom. The second-order valence-corrected chi connectivity index (χ2v) is 10.6. The molecule has 2 aromatic carbocycles. The van der Waals surface area contributed by atoms with Crippen molar-refractivity contribution in [3.63, 3.8) is 0 Å². The summed E-state index contributed by atoms with van der Waals surface area (Å²) in [6.07, 6.45) is 5.13. The van der Waals surface area contributed by atoms with Gasteiger partial charge in [-0.1, -0.05) is 69.2 Å². The van der Waals surface area contributed by atoms with Gasteiger partial charge in [0.25, 0.3) is 5.91 Å². The topological polar surface area (TPSA) is 93.6 Å². The molecule has 0 aliphatic carbocycles. The van der Waals surface area contributed by atoms with E-state index in [1.807, 2.05) is 59.1 Å². The SMILES string of the molecule is CC#CC(=O)N1CCC[C@H]1c1nc(-c2ccc(C(=O)c3cccc(C(C)(C)C)c3)cc2)c2c(N)nccn12. The molecule has 7 nitrogen and oxygen atoms in total. The fourth-order valence-electron chi connectivity index (χ4n) is 5.05. The van der Waals surface area contributed by atoms with Crippen molar-refractivity contribution in [2.75, 3.05) is 12.3 Å². The molecule has 0 spiro atoms. The number of nitrogen functional groups attached to an aromatic ring is 1. The van der Waals surface area contributed by atoms with Crippen molar-refractivity contribution in [2.24, 2.45) is 0 Å². The summed E-state index contributed by atoms with van der Waals surface area (Å²) in [6, 6.07) is 15.0. The van der Waals surface area contributed by atoms with E-state index in [4.69, 9.17) is 10.7 Å². The van der Waals surface area contributed by atoms with Gasteiger partial charge in [0.2, 0.25) is 0 Å². The van der Waals surface area contributed by atoms with Crippen LogP contribution in [0.4, 0.5) is 5.82 Å². The van der Waals surface area contributed by atoms with Gasteiger partial charge in [0.1, 0.15) is 22.9 Å². The molecule has 2 N–H and O–H groups in total. The minimum absolute atomic E-state index is 0.0311. The zero-order valence-electron chi connectivity index (χ0n) is 22.2. The number of hydrogen-bond donors (Lipinski definition) is 1. The van der Waals surface area contributed by atoms with E-state index in [1.54, 1.807) is 18.0 Å². The number of benzene rings is 2. The van der Waals surface area contributed by atoms with Crippen LogP contribution in [0.15, 0.2) is 60.9 Å². The molecular weight excluding hydrogens is 474 g/mol. The number of anilines is 1. The number of hydrogen-bond acceptors (Lipinski definition) is 5. The second-order valence-electron chi connectivity index (χ2n) is 10.6. The van der Waals surface area contributed by atoms with Crippen LogP contribution in [0, 0.1) is 11.8 Å². The first-order valence-corrected chi connectivity index (χ1v) is 12.8. The van der Waals surface area contributed by atoms with E-state index >= 15 is 0 Å². The monoisotopic (exact) mass is 505 g/mol. The van der Waals surface area contributed by atoms with Crippen LogP contribution in [0.3, 0.4) is 0 Å². The molecule has 2 aromatic heterocycles. The van der Waals surface area contributed by atoms with Gasteiger partial charge < -0.3 is 10.6 Å². The Balaban J connectivity index is 1.52. The van der Waals surface area contributed by atoms with Crippen LogP contribution in [0.5, 0.6) is 0 Å². The molecule has 38 heavy (non-hydrogen) atoms. The summed E-state index contributed by atoms with van der Waals surface area (Å²) in [5.74, 6) is 6.21. The first kappa shape index (κ1) is 25.2. The zero-order chi connectivity index (χ0) is 27.0. The van der Waals surface area contributed by atoms with E-state index in [1.165, 1.54) is 0 Å². The molecule has 5 rings (SSSR count). The lowest BCUT2D eigenvalue weighted by molar-refractivity contribution is -0.126. The van der Waals surface area contributed by atoms with Crippen molar-refractivity contribution in [2.45, 2.75) is 52.0 Å². The molecule has 1 aliphatic rings. The Kier molecular flexibility index (Phi) is 6.50. The van der Waals surface area contributed by atoms with Gasteiger partial charge in [-0.2, -0.15) is 0 Å². The van der Waals surface area contributed by atoms with Crippen LogP contribution in [-0.4, -0.2) is 37.5 Å². The van der Waals surface area contributed by atoms with Crippen LogP contribution in [-0.2, 0) is 10.2 Å². The lowest BCUT2D eigenvalue weighted by Gasteiger charge is -2.21. The number of likely N-dealkylation sites (tertiary alicyclic amines) is 1. The Labute approximate surface area is 222 Å². The first-order chi connectivity index (χ1) is 18.2. The van der Waals surface area contributed by atoms with Crippen molar-refractivity contribution in [3.05, 3.63) is 83.4 Å². The van der Waals surface area contributed by atoms with E-state index in [0.717, 1.165) is 29.8 Å². The van der Waals surface area contributed by atoms with Crippen LogP contribution >= 0.6 is 0 Å². The fraction of sp³-hybridized carbons (Fsp3) is 0.290.